The Morgan fingerprint density at radius 3 is 2.73 bits per heavy atom. The fourth-order valence-corrected chi connectivity index (χ4v) is 4.02. The molecule has 1 aliphatic heterocycles. The van der Waals surface area contributed by atoms with E-state index in [1.807, 2.05) is 12.1 Å². The Hall–Kier alpha value is -3.11. The van der Waals surface area contributed by atoms with Gasteiger partial charge in [-0.1, -0.05) is 29.5 Å². The summed E-state index contributed by atoms with van der Waals surface area (Å²) in [5.41, 5.74) is 2.95. The van der Waals surface area contributed by atoms with E-state index in [1.54, 1.807) is 36.7 Å². The second-order valence-corrected chi connectivity index (χ2v) is 8.07. The molecule has 1 N–H and O–H groups in total. The van der Waals surface area contributed by atoms with Crippen molar-refractivity contribution >= 4 is 40.5 Å². The molecular weight excluding hydrogens is 423 g/mol. The summed E-state index contributed by atoms with van der Waals surface area (Å²) in [6, 6.07) is 13.0. The molecule has 0 aliphatic carbocycles. The lowest BCUT2D eigenvalue weighted by atomic mass is 10.0. The van der Waals surface area contributed by atoms with E-state index in [0.717, 1.165) is 5.56 Å². The molecule has 7 heteroatoms. The van der Waals surface area contributed by atoms with Gasteiger partial charge in [-0.25, -0.2) is 9.11 Å². The molecule has 0 bridgehead atoms. The molecule has 30 heavy (non-hydrogen) atoms. The molecule has 0 amide bonds. The van der Waals surface area contributed by atoms with Crippen LogP contribution in [0.15, 0.2) is 65.8 Å². The highest BCUT2D eigenvalue weighted by Crippen LogP contribution is 2.31. The molecule has 0 fully saturated rings. The van der Waals surface area contributed by atoms with Crippen LogP contribution in [0.25, 0.3) is 6.08 Å². The van der Waals surface area contributed by atoms with Gasteiger partial charge in [-0.15, -0.1) is 0 Å². The van der Waals surface area contributed by atoms with Crippen LogP contribution in [0.1, 0.15) is 27.0 Å². The number of pyridine rings is 1. The molecule has 1 aliphatic rings. The largest absolute Gasteiger partial charge is 0.588 e. The summed E-state index contributed by atoms with van der Waals surface area (Å²) in [7, 11) is 0. The monoisotopic (exact) mass is 436 g/mol. The maximum absolute atomic E-state index is 13.7. The second-order valence-electron chi connectivity index (χ2n) is 6.48. The second kappa shape index (κ2) is 8.72. The van der Waals surface area contributed by atoms with E-state index in [4.69, 9.17) is 11.6 Å². The Balaban J connectivity index is 1.61. The number of carbonyl (C=O) groups is 1. The standard InChI is InChI=1S/C23H14ClFN2O2S/c24-19-6-4-17(13-20(19)25)14-22-23(28)18-12-16(5-7-21(18)27-30(22)29)3-1-2-15-8-10-26-11-9-15/h4-14,27H,2H2/b22-14+. The van der Waals surface area contributed by atoms with Crippen LogP contribution in [0.5, 0.6) is 0 Å². The Labute approximate surface area is 181 Å². The van der Waals surface area contributed by atoms with Gasteiger partial charge in [-0.05, 0) is 53.6 Å². The van der Waals surface area contributed by atoms with E-state index in [9.17, 15) is 13.7 Å². The number of fused-ring (bicyclic) bond motifs is 1. The van der Waals surface area contributed by atoms with Crippen LogP contribution in [0, 0.1) is 17.7 Å². The van der Waals surface area contributed by atoms with Gasteiger partial charge in [-0.3, -0.25) is 9.78 Å². The summed E-state index contributed by atoms with van der Waals surface area (Å²) >= 11 is 3.94. The first-order chi connectivity index (χ1) is 14.5. The van der Waals surface area contributed by atoms with Crippen molar-refractivity contribution in [3.8, 4) is 11.8 Å². The van der Waals surface area contributed by atoms with Crippen molar-refractivity contribution in [2.45, 2.75) is 6.42 Å². The van der Waals surface area contributed by atoms with Crippen LogP contribution >= 0.6 is 11.6 Å². The molecule has 2 aromatic carbocycles. The Morgan fingerprint density at radius 2 is 1.97 bits per heavy atom. The molecular formula is C23H14ClFN2O2S. The molecule has 0 saturated heterocycles. The summed E-state index contributed by atoms with van der Waals surface area (Å²) in [5.74, 6) is 5.11. The SMILES string of the molecule is O=C1/C(=C\c2ccc(Cl)c(F)c2)[S+]([O-])Nc2ccc(C#CCc3ccncc3)cc21. The first-order valence-corrected chi connectivity index (χ1v) is 10.5. The van der Waals surface area contributed by atoms with Crippen molar-refractivity contribution < 1.29 is 13.7 Å². The first kappa shape index (κ1) is 20.2. The first-order valence-electron chi connectivity index (χ1n) is 8.93. The number of hydrogen-bond donors (Lipinski definition) is 1. The summed E-state index contributed by atoms with van der Waals surface area (Å²) in [6.45, 7) is 0. The minimum absolute atomic E-state index is 0.0216. The Bertz CT molecular complexity index is 1220. The highest BCUT2D eigenvalue weighted by molar-refractivity contribution is 7.97. The number of nitrogens with one attached hydrogen (secondary N) is 1. The third kappa shape index (κ3) is 4.39. The number of allylic oxidation sites excluding steroid dienone is 1. The highest BCUT2D eigenvalue weighted by Gasteiger charge is 2.33. The van der Waals surface area contributed by atoms with Gasteiger partial charge in [0.25, 0.3) is 0 Å². The molecule has 0 radical (unpaired) electrons. The number of ketones is 1. The van der Waals surface area contributed by atoms with Gasteiger partial charge in [0.05, 0.1) is 16.3 Å². The fourth-order valence-electron chi connectivity index (χ4n) is 2.89. The fraction of sp³-hybridized carbons (Fsp3) is 0.0435. The normalized spacial score (nSPS) is 16.4. The lowest BCUT2D eigenvalue weighted by Crippen LogP contribution is -2.27. The lowest BCUT2D eigenvalue weighted by Gasteiger charge is -2.21. The van der Waals surface area contributed by atoms with Crippen LogP contribution in [-0.2, 0) is 17.8 Å². The predicted octanol–water partition coefficient (Wildman–Crippen LogP) is 4.78. The van der Waals surface area contributed by atoms with E-state index >= 15 is 0 Å². The average Bonchev–Trinajstić information content (AvgIpc) is 2.75. The van der Waals surface area contributed by atoms with Crippen molar-refractivity contribution in [3.05, 3.63) is 98.9 Å². The number of aromatic nitrogens is 1. The zero-order chi connectivity index (χ0) is 21.1. The van der Waals surface area contributed by atoms with Crippen molar-refractivity contribution in [1.82, 2.24) is 4.98 Å². The number of anilines is 1. The quantitative estimate of drug-likeness (QED) is 0.356. The number of Topliss-reactive ketones (excluding diaryl/α,β-unsaturated/α-hetero) is 1. The number of nitrogens with zero attached hydrogens (tertiary/aromatic N) is 1. The third-order valence-electron chi connectivity index (χ3n) is 4.41. The van der Waals surface area contributed by atoms with Gasteiger partial charge in [-0.2, -0.15) is 0 Å². The van der Waals surface area contributed by atoms with E-state index in [-0.39, 0.29) is 9.93 Å². The van der Waals surface area contributed by atoms with Crippen LogP contribution in [0.3, 0.4) is 0 Å². The predicted molar refractivity (Wildman–Crippen MR) is 117 cm³/mol. The van der Waals surface area contributed by atoms with E-state index < -0.39 is 23.0 Å². The van der Waals surface area contributed by atoms with Crippen molar-refractivity contribution in [2.24, 2.45) is 0 Å². The van der Waals surface area contributed by atoms with Crippen molar-refractivity contribution in [2.75, 3.05) is 4.72 Å². The Morgan fingerprint density at radius 1 is 1.17 bits per heavy atom. The minimum Gasteiger partial charge on any atom is -0.588 e. The van der Waals surface area contributed by atoms with Crippen LogP contribution < -0.4 is 4.72 Å². The Kier molecular flexibility index (Phi) is 5.86. The molecule has 1 atom stereocenters. The summed E-state index contributed by atoms with van der Waals surface area (Å²) < 4.78 is 29.0. The smallest absolute Gasteiger partial charge is 0.245 e. The number of halogens is 2. The van der Waals surface area contributed by atoms with E-state index in [0.29, 0.717) is 28.8 Å². The van der Waals surface area contributed by atoms with Gasteiger partial charge < -0.3 is 4.55 Å². The number of rotatable bonds is 2. The lowest BCUT2D eigenvalue weighted by molar-refractivity contribution is 0.104. The third-order valence-corrected chi connectivity index (χ3v) is 5.82. The van der Waals surface area contributed by atoms with Gasteiger partial charge in [0.2, 0.25) is 10.7 Å². The highest BCUT2D eigenvalue weighted by atomic mass is 35.5. The molecule has 0 saturated carbocycles. The van der Waals surface area contributed by atoms with Gasteiger partial charge >= 0.3 is 0 Å². The molecule has 148 valence electrons. The molecule has 0 spiro atoms. The van der Waals surface area contributed by atoms with E-state index in [2.05, 4.69) is 21.5 Å². The van der Waals surface area contributed by atoms with Gasteiger partial charge in [0.15, 0.2) is 0 Å². The zero-order valence-electron chi connectivity index (χ0n) is 15.5. The van der Waals surface area contributed by atoms with E-state index in [1.165, 1.54) is 18.2 Å². The molecule has 4 nitrogen and oxygen atoms in total. The summed E-state index contributed by atoms with van der Waals surface area (Å²) in [4.78, 5) is 17.0. The number of benzene rings is 2. The van der Waals surface area contributed by atoms with Gasteiger partial charge in [0.1, 0.15) is 17.2 Å². The number of hydrogen-bond acceptors (Lipinski definition) is 4. The van der Waals surface area contributed by atoms with Crippen LogP contribution in [-0.4, -0.2) is 15.3 Å². The molecule has 4 rings (SSSR count). The molecule has 1 unspecified atom stereocenters. The van der Waals surface area contributed by atoms with Gasteiger partial charge in [0, 0.05) is 30.5 Å². The maximum atomic E-state index is 13.7. The summed E-state index contributed by atoms with van der Waals surface area (Å²) in [5, 5.41) is -0.0216. The maximum Gasteiger partial charge on any atom is 0.245 e. The van der Waals surface area contributed by atoms with Crippen LogP contribution in [0.4, 0.5) is 10.1 Å². The zero-order valence-corrected chi connectivity index (χ0v) is 17.1. The number of carbonyl (C=O) groups excluding carboxylic acids is 1. The van der Waals surface area contributed by atoms with Crippen molar-refractivity contribution in [1.29, 1.82) is 0 Å². The molecule has 2 heterocycles. The molecule has 1 aromatic heterocycles. The summed E-state index contributed by atoms with van der Waals surface area (Å²) in [6.07, 6.45) is 5.38. The van der Waals surface area contributed by atoms with Crippen molar-refractivity contribution in [3.63, 3.8) is 0 Å². The van der Waals surface area contributed by atoms with Crippen LogP contribution in [0.2, 0.25) is 5.02 Å². The molecule has 3 aromatic rings. The topological polar surface area (TPSA) is 65.0 Å². The average molecular weight is 437 g/mol. The minimum atomic E-state index is -1.75.